The van der Waals surface area contributed by atoms with E-state index in [4.69, 9.17) is 33.7 Å². The van der Waals surface area contributed by atoms with Gasteiger partial charge in [-0.3, -0.25) is 9.59 Å². The average Bonchev–Trinajstić information content (AvgIpc) is 2.69. The summed E-state index contributed by atoms with van der Waals surface area (Å²) in [5.74, 6) is -0.393. The fourth-order valence-corrected chi connectivity index (χ4v) is 3.80. The third kappa shape index (κ3) is 5.40. The molecule has 0 aliphatic carbocycles. The number of primary amides is 1. The number of hydrogen-bond acceptors (Lipinski definition) is 3. The zero-order valence-corrected chi connectivity index (χ0v) is 17.2. The van der Waals surface area contributed by atoms with Gasteiger partial charge in [-0.1, -0.05) is 23.2 Å². The molecule has 1 fully saturated rings. The van der Waals surface area contributed by atoms with Crippen LogP contribution < -0.4 is 10.5 Å². The van der Waals surface area contributed by atoms with Crippen molar-refractivity contribution in [3.05, 3.63) is 63.9 Å². The highest BCUT2D eigenvalue weighted by Crippen LogP contribution is 2.36. The Kier molecular flexibility index (Phi) is 6.65. The topological polar surface area (TPSA) is 72.6 Å². The Hall–Kier alpha value is -2.31. The standard InChI is InChI=1S/C21H21Cl2FN2O3/c22-17-6-1-14(11-18(17)23)20(28)26-9-7-21(8-10-26,12-19(25)27)13-29-16-4-2-15(24)3-5-16/h1-6,11H,7-10,12-13H2,(H2,25,27). The smallest absolute Gasteiger partial charge is 0.253 e. The molecule has 0 aromatic heterocycles. The van der Waals surface area contributed by atoms with Crippen molar-refractivity contribution in [1.29, 1.82) is 0 Å². The van der Waals surface area contributed by atoms with Crippen molar-refractivity contribution in [2.75, 3.05) is 19.7 Å². The molecule has 0 radical (unpaired) electrons. The van der Waals surface area contributed by atoms with Crippen molar-refractivity contribution in [1.82, 2.24) is 4.90 Å². The predicted octanol–water partition coefficient (Wildman–Crippen LogP) is 4.31. The first-order valence-electron chi connectivity index (χ1n) is 9.19. The number of likely N-dealkylation sites (tertiary alicyclic amines) is 1. The summed E-state index contributed by atoms with van der Waals surface area (Å²) in [6.45, 7) is 1.18. The Balaban J connectivity index is 1.66. The van der Waals surface area contributed by atoms with Gasteiger partial charge < -0.3 is 15.4 Å². The van der Waals surface area contributed by atoms with E-state index >= 15 is 0 Å². The molecule has 0 atom stereocenters. The van der Waals surface area contributed by atoms with Crippen LogP contribution in [0.25, 0.3) is 0 Å². The lowest BCUT2D eigenvalue weighted by Gasteiger charge is -2.41. The number of ether oxygens (including phenoxy) is 1. The number of benzene rings is 2. The lowest BCUT2D eigenvalue weighted by molar-refractivity contribution is -0.121. The molecule has 2 N–H and O–H groups in total. The molecule has 1 saturated heterocycles. The molecular formula is C21H21Cl2FN2O3. The highest BCUT2D eigenvalue weighted by atomic mass is 35.5. The van der Waals surface area contributed by atoms with Gasteiger partial charge in [0.05, 0.1) is 16.7 Å². The summed E-state index contributed by atoms with van der Waals surface area (Å²) in [5.41, 5.74) is 5.45. The third-order valence-corrected chi connectivity index (χ3v) is 5.92. The van der Waals surface area contributed by atoms with Gasteiger partial charge in [-0.25, -0.2) is 4.39 Å². The molecule has 154 valence electrons. The van der Waals surface area contributed by atoms with Gasteiger partial charge in [0.1, 0.15) is 11.6 Å². The van der Waals surface area contributed by atoms with Crippen LogP contribution in [0.4, 0.5) is 4.39 Å². The zero-order chi connectivity index (χ0) is 21.0. The molecule has 0 unspecified atom stereocenters. The second kappa shape index (κ2) is 9.01. The number of amides is 2. The number of carbonyl (C=O) groups excluding carboxylic acids is 2. The number of carbonyl (C=O) groups is 2. The van der Waals surface area contributed by atoms with Gasteiger partial charge in [0.15, 0.2) is 0 Å². The van der Waals surface area contributed by atoms with Crippen LogP contribution in [0.15, 0.2) is 42.5 Å². The first kappa shape index (κ1) is 21.4. The minimum atomic E-state index is -0.478. The van der Waals surface area contributed by atoms with Crippen LogP contribution in [0, 0.1) is 11.2 Å². The number of nitrogens with two attached hydrogens (primary N) is 1. The fourth-order valence-electron chi connectivity index (χ4n) is 3.50. The summed E-state index contributed by atoms with van der Waals surface area (Å²) < 4.78 is 18.9. The third-order valence-electron chi connectivity index (χ3n) is 5.19. The molecule has 3 rings (SSSR count). The zero-order valence-electron chi connectivity index (χ0n) is 15.7. The summed E-state index contributed by atoms with van der Waals surface area (Å²) >= 11 is 11.9. The van der Waals surface area contributed by atoms with Crippen molar-refractivity contribution in [2.45, 2.75) is 19.3 Å². The Labute approximate surface area is 178 Å². The SMILES string of the molecule is NC(=O)CC1(COc2ccc(F)cc2)CCN(C(=O)c2ccc(Cl)c(Cl)c2)CC1. The van der Waals surface area contributed by atoms with Crippen LogP contribution in [-0.2, 0) is 4.79 Å². The monoisotopic (exact) mass is 438 g/mol. The minimum absolute atomic E-state index is 0.143. The van der Waals surface area contributed by atoms with E-state index in [1.54, 1.807) is 23.1 Å². The molecule has 2 aromatic rings. The molecule has 1 aliphatic heterocycles. The Morgan fingerprint density at radius 1 is 1.07 bits per heavy atom. The first-order valence-corrected chi connectivity index (χ1v) is 9.95. The second-order valence-corrected chi connectivity index (χ2v) is 8.12. The van der Waals surface area contributed by atoms with E-state index < -0.39 is 11.3 Å². The predicted molar refractivity (Wildman–Crippen MR) is 110 cm³/mol. The highest BCUT2D eigenvalue weighted by molar-refractivity contribution is 6.42. The summed E-state index contributed by atoms with van der Waals surface area (Å²) in [7, 11) is 0. The van der Waals surface area contributed by atoms with Crippen molar-refractivity contribution in [3.8, 4) is 5.75 Å². The van der Waals surface area contributed by atoms with Crippen LogP contribution in [0.5, 0.6) is 5.75 Å². The molecule has 0 bridgehead atoms. The van der Waals surface area contributed by atoms with Gasteiger partial charge in [-0.15, -0.1) is 0 Å². The van der Waals surface area contributed by atoms with Crippen molar-refractivity contribution >= 4 is 35.0 Å². The van der Waals surface area contributed by atoms with E-state index in [9.17, 15) is 14.0 Å². The fraction of sp³-hybridized carbons (Fsp3) is 0.333. The normalized spacial score (nSPS) is 15.8. The Morgan fingerprint density at radius 2 is 1.72 bits per heavy atom. The quantitative estimate of drug-likeness (QED) is 0.729. The van der Waals surface area contributed by atoms with E-state index in [0.717, 1.165) is 0 Å². The maximum atomic E-state index is 13.1. The summed E-state index contributed by atoms with van der Waals surface area (Å²) in [6.07, 6.45) is 1.28. The molecule has 29 heavy (non-hydrogen) atoms. The first-order chi connectivity index (χ1) is 13.8. The van der Waals surface area contributed by atoms with Crippen LogP contribution >= 0.6 is 23.2 Å². The minimum Gasteiger partial charge on any atom is -0.493 e. The molecule has 0 saturated carbocycles. The lowest BCUT2D eigenvalue weighted by Crippen LogP contribution is -2.47. The van der Waals surface area contributed by atoms with Crippen molar-refractivity contribution in [2.24, 2.45) is 11.1 Å². The molecular weight excluding hydrogens is 418 g/mol. The maximum absolute atomic E-state index is 13.1. The number of piperidine rings is 1. The van der Waals surface area contributed by atoms with Gasteiger partial charge in [0, 0.05) is 30.5 Å². The lowest BCUT2D eigenvalue weighted by atomic mass is 9.76. The summed E-state index contributed by atoms with van der Waals surface area (Å²) in [4.78, 5) is 26.1. The van der Waals surface area contributed by atoms with Gasteiger partial charge in [0.25, 0.3) is 5.91 Å². The molecule has 0 spiro atoms. The van der Waals surface area contributed by atoms with Gasteiger partial charge in [0.2, 0.25) is 5.91 Å². The summed E-state index contributed by atoms with van der Waals surface area (Å²) in [5, 5.41) is 0.713. The van der Waals surface area contributed by atoms with Gasteiger partial charge in [-0.05, 0) is 55.3 Å². The Bertz CT molecular complexity index is 897. The van der Waals surface area contributed by atoms with E-state index in [0.29, 0.717) is 47.3 Å². The summed E-state index contributed by atoms with van der Waals surface area (Å²) in [6, 6.07) is 10.5. The number of halogens is 3. The van der Waals surface area contributed by atoms with Crippen LogP contribution in [-0.4, -0.2) is 36.4 Å². The number of rotatable bonds is 6. The number of hydrogen-bond donors (Lipinski definition) is 1. The average molecular weight is 439 g/mol. The Morgan fingerprint density at radius 3 is 2.31 bits per heavy atom. The molecule has 2 amide bonds. The largest absolute Gasteiger partial charge is 0.493 e. The van der Waals surface area contributed by atoms with E-state index in [-0.39, 0.29) is 24.8 Å². The molecule has 8 heteroatoms. The number of nitrogens with zero attached hydrogens (tertiary/aromatic N) is 1. The maximum Gasteiger partial charge on any atom is 0.253 e. The van der Waals surface area contributed by atoms with Crippen LogP contribution in [0.2, 0.25) is 10.0 Å². The molecule has 5 nitrogen and oxygen atoms in total. The van der Waals surface area contributed by atoms with Crippen molar-refractivity contribution in [3.63, 3.8) is 0 Å². The van der Waals surface area contributed by atoms with E-state index in [1.165, 1.54) is 24.3 Å². The van der Waals surface area contributed by atoms with E-state index in [2.05, 4.69) is 0 Å². The molecule has 1 heterocycles. The van der Waals surface area contributed by atoms with Crippen LogP contribution in [0.3, 0.4) is 0 Å². The van der Waals surface area contributed by atoms with E-state index in [1.807, 2.05) is 0 Å². The van der Waals surface area contributed by atoms with Gasteiger partial charge in [-0.2, -0.15) is 0 Å². The second-order valence-electron chi connectivity index (χ2n) is 7.31. The molecule has 2 aromatic carbocycles. The van der Waals surface area contributed by atoms with Gasteiger partial charge >= 0.3 is 0 Å². The van der Waals surface area contributed by atoms with Crippen LogP contribution in [0.1, 0.15) is 29.6 Å². The van der Waals surface area contributed by atoms with Crippen molar-refractivity contribution < 1.29 is 18.7 Å². The highest BCUT2D eigenvalue weighted by Gasteiger charge is 2.38. The molecule has 1 aliphatic rings.